The van der Waals surface area contributed by atoms with E-state index in [1.165, 1.54) is 7.11 Å². The molecule has 0 aliphatic carbocycles. The van der Waals surface area contributed by atoms with Crippen molar-refractivity contribution < 1.29 is 19.4 Å². The number of pyridine rings is 1. The Hall–Kier alpha value is -1.82. The van der Waals surface area contributed by atoms with Crippen molar-refractivity contribution >= 4 is 6.09 Å². The van der Waals surface area contributed by atoms with Gasteiger partial charge in [-0.2, -0.15) is 0 Å². The number of methoxy groups -OCH3 is 1. The second kappa shape index (κ2) is 7.26. The van der Waals surface area contributed by atoms with Crippen LogP contribution >= 0.6 is 0 Å². The molecule has 118 valence electrons. The third-order valence-corrected chi connectivity index (χ3v) is 2.73. The van der Waals surface area contributed by atoms with Gasteiger partial charge in [0.05, 0.1) is 13.7 Å². The number of carbonyl (C=O) groups excluding carboxylic acids is 1. The lowest BCUT2D eigenvalue weighted by Crippen LogP contribution is -2.38. The van der Waals surface area contributed by atoms with Gasteiger partial charge in [-0.15, -0.1) is 0 Å². The van der Waals surface area contributed by atoms with Crippen LogP contribution in [0.4, 0.5) is 4.79 Å². The Morgan fingerprint density at radius 2 is 2.10 bits per heavy atom. The van der Waals surface area contributed by atoms with Crippen molar-refractivity contribution in [3.63, 3.8) is 0 Å². The zero-order valence-electron chi connectivity index (χ0n) is 13.3. The molecule has 1 aromatic rings. The van der Waals surface area contributed by atoms with Crippen LogP contribution in [0.3, 0.4) is 0 Å². The summed E-state index contributed by atoms with van der Waals surface area (Å²) in [7, 11) is 1.52. The second-order valence-corrected chi connectivity index (χ2v) is 5.90. The molecule has 0 aliphatic rings. The molecule has 0 radical (unpaired) electrons. The quantitative estimate of drug-likeness (QED) is 0.869. The Bertz CT molecular complexity index is 483. The first-order valence-electron chi connectivity index (χ1n) is 6.87. The third kappa shape index (κ3) is 5.99. The Balaban J connectivity index is 2.66. The zero-order chi connectivity index (χ0) is 16.0. The smallest absolute Gasteiger partial charge is 0.407 e. The van der Waals surface area contributed by atoms with Crippen LogP contribution in [-0.4, -0.2) is 34.9 Å². The van der Waals surface area contributed by atoms with Crippen molar-refractivity contribution in [2.45, 2.75) is 52.4 Å². The van der Waals surface area contributed by atoms with Gasteiger partial charge in [-0.3, -0.25) is 0 Å². The molecule has 0 saturated heterocycles. The lowest BCUT2D eigenvalue weighted by molar-refractivity contribution is 0.0508. The average molecular weight is 296 g/mol. The average Bonchev–Trinajstić information content (AvgIpc) is 2.36. The molecule has 0 saturated carbocycles. The minimum atomic E-state index is -0.526. The van der Waals surface area contributed by atoms with E-state index in [-0.39, 0.29) is 12.6 Å². The molecule has 1 amide bonds. The number of aliphatic hydroxyl groups is 1. The van der Waals surface area contributed by atoms with Gasteiger partial charge in [-0.05, 0) is 45.2 Å². The summed E-state index contributed by atoms with van der Waals surface area (Å²) in [6.45, 7) is 7.21. The molecular formula is C15H24N2O4. The summed E-state index contributed by atoms with van der Waals surface area (Å²) in [6, 6.07) is 1.55. The van der Waals surface area contributed by atoms with Gasteiger partial charge in [0.2, 0.25) is 5.88 Å². The van der Waals surface area contributed by atoms with Crippen LogP contribution in [0.5, 0.6) is 5.88 Å². The van der Waals surface area contributed by atoms with E-state index in [0.29, 0.717) is 12.3 Å². The maximum atomic E-state index is 11.7. The lowest BCUT2D eigenvalue weighted by atomic mass is 10.0. The second-order valence-electron chi connectivity index (χ2n) is 5.90. The molecular weight excluding hydrogens is 272 g/mol. The fourth-order valence-electron chi connectivity index (χ4n) is 1.84. The molecule has 0 aliphatic heterocycles. The number of aliphatic hydroxyl groups excluding tert-OH is 1. The molecule has 21 heavy (non-hydrogen) atoms. The van der Waals surface area contributed by atoms with E-state index in [0.717, 1.165) is 11.1 Å². The monoisotopic (exact) mass is 296 g/mol. The molecule has 0 aromatic carbocycles. The van der Waals surface area contributed by atoms with Crippen LogP contribution < -0.4 is 10.1 Å². The van der Waals surface area contributed by atoms with Crippen molar-refractivity contribution in [2.24, 2.45) is 0 Å². The van der Waals surface area contributed by atoms with Crippen LogP contribution in [-0.2, 0) is 17.8 Å². The Labute approximate surface area is 125 Å². The van der Waals surface area contributed by atoms with Crippen molar-refractivity contribution in [3.05, 3.63) is 23.4 Å². The molecule has 2 N–H and O–H groups in total. The molecule has 6 heteroatoms. The van der Waals surface area contributed by atoms with Gasteiger partial charge in [-0.25, -0.2) is 9.78 Å². The van der Waals surface area contributed by atoms with Gasteiger partial charge in [0.1, 0.15) is 5.60 Å². The van der Waals surface area contributed by atoms with E-state index in [9.17, 15) is 9.90 Å². The lowest BCUT2D eigenvalue weighted by Gasteiger charge is -2.22. The normalized spacial score (nSPS) is 12.7. The van der Waals surface area contributed by atoms with Gasteiger partial charge in [0, 0.05) is 18.3 Å². The summed E-state index contributed by atoms with van der Waals surface area (Å²) >= 11 is 0. The number of ether oxygens (including phenoxy) is 2. The summed E-state index contributed by atoms with van der Waals surface area (Å²) in [5.41, 5.74) is 1.07. The summed E-state index contributed by atoms with van der Waals surface area (Å²) < 4.78 is 10.2. The molecule has 1 aromatic heterocycles. The third-order valence-electron chi connectivity index (χ3n) is 2.73. The minimum absolute atomic E-state index is 0.104. The Morgan fingerprint density at radius 3 is 2.62 bits per heavy atom. The van der Waals surface area contributed by atoms with E-state index in [2.05, 4.69) is 10.3 Å². The van der Waals surface area contributed by atoms with Crippen LogP contribution in [0, 0.1) is 0 Å². The fraction of sp³-hybridized carbons (Fsp3) is 0.600. The van der Waals surface area contributed by atoms with Gasteiger partial charge in [0.25, 0.3) is 0 Å². The maximum absolute atomic E-state index is 11.7. The molecule has 1 rings (SSSR count). The van der Waals surface area contributed by atoms with Gasteiger partial charge in [0.15, 0.2) is 0 Å². The number of hydrogen-bond acceptors (Lipinski definition) is 5. The first-order chi connectivity index (χ1) is 9.75. The fourth-order valence-corrected chi connectivity index (χ4v) is 1.84. The predicted octanol–water partition coefficient (Wildman–Crippen LogP) is 2.04. The first-order valence-corrected chi connectivity index (χ1v) is 6.87. The van der Waals surface area contributed by atoms with Gasteiger partial charge >= 0.3 is 6.09 Å². The summed E-state index contributed by atoms with van der Waals surface area (Å²) in [6.07, 6.45) is 1.74. The number of hydrogen-bond donors (Lipinski definition) is 2. The Kier molecular flexibility index (Phi) is 5.96. The molecule has 0 spiro atoms. The molecule has 1 heterocycles. The SMILES string of the molecule is COc1cc(CO)c(CC(C)NC(=O)OC(C)(C)C)cn1. The van der Waals surface area contributed by atoms with E-state index in [1.807, 2.05) is 27.7 Å². The van der Waals surface area contributed by atoms with Crippen LogP contribution in [0.1, 0.15) is 38.8 Å². The van der Waals surface area contributed by atoms with Gasteiger partial charge in [-0.1, -0.05) is 0 Å². The largest absolute Gasteiger partial charge is 0.481 e. The molecule has 0 bridgehead atoms. The number of alkyl carbamates (subject to hydrolysis) is 1. The maximum Gasteiger partial charge on any atom is 0.407 e. The zero-order valence-corrected chi connectivity index (χ0v) is 13.3. The number of aromatic nitrogens is 1. The van der Waals surface area contributed by atoms with Crippen LogP contribution in [0.25, 0.3) is 0 Å². The predicted molar refractivity (Wildman–Crippen MR) is 79.2 cm³/mol. The van der Waals surface area contributed by atoms with Crippen LogP contribution in [0.15, 0.2) is 12.3 Å². The first kappa shape index (κ1) is 17.2. The number of rotatable bonds is 5. The van der Waals surface area contributed by atoms with Crippen molar-refractivity contribution in [1.29, 1.82) is 0 Å². The highest BCUT2D eigenvalue weighted by Crippen LogP contribution is 2.16. The molecule has 1 atom stereocenters. The molecule has 1 unspecified atom stereocenters. The van der Waals surface area contributed by atoms with Gasteiger partial charge < -0.3 is 19.9 Å². The number of carbonyl (C=O) groups is 1. The molecule has 6 nitrogen and oxygen atoms in total. The number of nitrogens with zero attached hydrogens (tertiary/aromatic N) is 1. The summed E-state index contributed by atoms with van der Waals surface area (Å²) in [5, 5.41) is 12.2. The van der Waals surface area contributed by atoms with E-state index in [4.69, 9.17) is 9.47 Å². The Morgan fingerprint density at radius 1 is 1.43 bits per heavy atom. The minimum Gasteiger partial charge on any atom is -0.481 e. The van der Waals surface area contributed by atoms with Crippen molar-refractivity contribution in [1.82, 2.24) is 10.3 Å². The summed E-state index contributed by atoms with van der Waals surface area (Å²) in [4.78, 5) is 15.8. The number of nitrogens with one attached hydrogen (secondary N) is 1. The highest BCUT2D eigenvalue weighted by molar-refractivity contribution is 5.68. The van der Waals surface area contributed by atoms with E-state index < -0.39 is 11.7 Å². The molecule has 0 fully saturated rings. The number of amides is 1. The van der Waals surface area contributed by atoms with Crippen LogP contribution in [0.2, 0.25) is 0 Å². The van der Waals surface area contributed by atoms with Crippen molar-refractivity contribution in [3.8, 4) is 5.88 Å². The van der Waals surface area contributed by atoms with Crippen molar-refractivity contribution in [2.75, 3.05) is 7.11 Å². The topological polar surface area (TPSA) is 80.7 Å². The standard InChI is InChI=1S/C15H24N2O4/c1-10(17-14(19)21-15(2,3)4)6-11-8-16-13(20-5)7-12(11)9-18/h7-8,10,18H,6,9H2,1-5H3,(H,17,19). The highest BCUT2D eigenvalue weighted by Gasteiger charge is 2.18. The van der Waals surface area contributed by atoms with E-state index >= 15 is 0 Å². The van der Waals surface area contributed by atoms with E-state index in [1.54, 1.807) is 12.3 Å². The summed E-state index contributed by atoms with van der Waals surface area (Å²) in [5.74, 6) is 0.454. The highest BCUT2D eigenvalue weighted by atomic mass is 16.6.